The molecule has 0 bridgehead atoms. The van der Waals surface area contributed by atoms with Gasteiger partial charge in [-0.25, -0.2) is 17.2 Å². The Bertz CT molecular complexity index is 1940. The van der Waals surface area contributed by atoms with Gasteiger partial charge in [0.2, 0.25) is 0 Å². The Morgan fingerprint density at radius 3 is 2.18 bits per heavy atom. The van der Waals surface area contributed by atoms with Gasteiger partial charge in [0, 0.05) is 16.5 Å². The van der Waals surface area contributed by atoms with Crippen LogP contribution in [0.2, 0.25) is 0 Å². The molecule has 2 aromatic carbocycles. The Kier molecular flexibility index (Phi) is 9.09. The molecule has 0 radical (unpaired) electrons. The van der Waals surface area contributed by atoms with E-state index in [9.17, 15) is 53.6 Å². The van der Waals surface area contributed by atoms with Crippen LogP contribution in [0.3, 0.4) is 0 Å². The number of unbranched alkanes of at least 4 members (excludes halogenated alkanes) is 1. The fourth-order valence-corrected chi connectivity index (χ4v) is 6.86. The van der Waals surface area contributed by atoms with Gasteiger partial charge >= 0.3 is 12.4 Å². The molecule has 0 saturated heterocycles. The molecule has 5 nitrogen and oxygen atoms in total. The van der Waals surface area contributed by atoms with Crippen LogP contribution in [-0.2, 0) is 28.7 Å². The summed E-state index contributed by atoms with van der Waals surface area (Å²) in [6.45, 7) is 0.987. The zero-order valence-corrected chi connectivity index (χ0v) is 24.1. The molecule has 0 amide bonds. The fourth-order valence-electron chi connectivity index (χ4n) is 4.33. The number of sulfone groups is 1. The molecule has 2 aromatic heterocycles. The van der Waals surface area contributed by atoms with Crippen molar-refractivity contribution in [2.24, 2.45) is 0 Å². The van der Waals surface area contributed by atoms with Crippen LogP contribution in [0.25, 0.3) is 21.0 Å². The Balaban J connectivity index is 1.94. The topological polar surface area (TPSA) is 79.9 Å². The molecule has 0 atom stereocenters. The van der Waals surface area contributed by atoms with Crippen molar-refractivity contribution < 1.29 is 43.5 Å². The Labute approximate surface area is 249 Å². The molecular formula is C29H20F8N2O3S2. The minimum Gasteiger partial charge on any atom is -0.302 e. The molecular weight excluding hydrogens is 640 g/mol. The summed E-state index contributed by atoms with van der Waals surface area (Å²) < 4.78 is 137. The van der Waals surface area contributed by atoms with Crippen molar-refractivity contribution in [2.45, 2.75) is 43.6 Å². The lowest BCUT2D eigenvalue weighted by atomic mass is 10.1. The van der Waals surface area contributed by atoms with E-state index < -0.39 is 79.0 Å². The Hall–Kier alpha value is -4.03. The summed E-state index contributed by atoms with van der Waals surface area (Å²) in [4.78, 5) is 12.5. The van der Waals surface area contributed by atoms with E-state index in [1.807, 2.05) is 0 Å². The third-order valence-electron chi connectivity index (χ3n) is 6.56. The fraction of sp³-hybridized carbons (Fsp3) is 0.241. The number of nitriles is 1. The number of thiophene rings is 1. The first-order chi connectivity index (χ1) is 20.5. The van der Waals surface area contributed by atoms with E-state index >= 15 is 0 Å². The minimum atomic E-state index is -5.16. The quantitative estimate of drug-likeness (QED) is 0.179. The van der Waals surface area contributed by atoms with Gasteiger partial charge in [-0.3, -0.25) is 4.79 Å². The van der Waals surface area contributed by atoms with E-state index in [4.69, 9.17) is 0 Å². The van der Waals surface area contributed by atoms with Gasteiger partial charge in [-0.15, -0.1) is 11.3 Å². The molecule has 0 aliphatic carbocycles. The van der Waals surface area contributed by atoms with E-state index in [1.54, 1.807) is 6.92 Å². The molecule has 0 unspecified atom stereocenters. The Morgan fingerprint density at radius 2 is 1.59 bits per heavy atom. The molecule has 4 rings (SSSR count). The largest absolute Gasteiger partial charge is 0.417 e. The zero-order chi connectivity index (χ0) is 32.6. The SMILES string of the molecule is CCCCS(=O)(=O)c1cc(-c2ccc(-c3cc(C(F)(F)F)c(C#N)c(=O)n3Cc3ccc(F)cc3F)s2)cc(C(F)(F)F)c1. The van der Waals surface area contributed by atoms with E-state index in [2.05, 4.69) is 0 Å². The zero-order valence-electron chi connectivity index (χ0n) is 22.5. The number of hydrogen-bond acceptors (Lipinski definition) is 5. The molecule has 2 heterocycles. The molecule has 4 aromatic rings. The molecule has 0 aliphatic heterocycles. The molecule has 0 aliphatic rings. The van der Waals surface area contributed by atoms with E-state index in [0.29, 0.717) is 46.6 Å². The maximum atomic E-state index is 14.5. The van der Waals surface area contributed by atoms with Crippen LogP contribution in [0.5, 0.6) is 0 Å². The summed E-state index contributed by atoms with van der Waals surface area (Å²) in [5, 5.41) is 9.37. The molecule has 44 heavy (non-hydrogen) atoms. The van der Waals surface area contributed by atoms with Gasteiger partial charge in [-0.1, -0.05) is 19.4 Å². The van der Waals surface area contributed by atoms with Crippen molar-refractivity contribution in [3.8, 4) is 27.1 Å². The standard InChI is InChI=1S/C29H20F8N2O3S2/c1-2-3-8-44(41,42)20-10-17(9-18(11-20)28(32,33)34)25-6-7-26(43-25)24-13-22(29(35,36)37)21(14-38)27(40)39(24)15-16-4-5-19(30)12-23(16)31/h4-7,9-13H,2-3,8,15H2,1H3. The highest BCUT2D eigenvalue weighted by Crippen LogP contribution is 2.41. The van der Waals surface area contributed by atoms with E-state index in [1.165, 1.54) is 18.2 Å². The number of pyridine rings is 1. The summed E-state index contributed by atoms with van der Waals surface area (Å²) >= 11 is 0.643. The first-order valence-corrected chi connectivity index (χ1v) is 15.2. The van der Waals surface area contributed by atoms with Crippen molar-refractivity contribution >= 4 is 21.2 Å². The van der Waals surface area contributed by atoms with Crippen LogP contribution in [0.15, 0.2) is 64.3 Å². The third kappa shape index (κ3) is 6.86. The van der Waals surface area contributed by atoms with Gasteiger partial charge in [0.05, 0.1) is 38.9 Å². The number of benzene rings is 2. The Morgan fingerprint density at radius 1 is 0.909 bits per heavy atom. The number of rotatable bonds is 8. The minimum absolute atomic E-state index is 0.0166. The molecule has 0 spiro atoms. The maximum Gasteiger partial charge on any atom is 0.417 e. The highest BCUT2D eigenvalue weighted by molar-refractivity contribution is 7.91. The lowest BCUT2D eigenvalue weighted by Gasteiger charge is -2.17. The predicted molar refractivity (Wildman–Crippen MR) is 147 cm³/mol. The van der Waals surface area contributed by atoms with Crippen LogP contribution in [0, 0.1) is 23.0 Å². The lowest BCUT2D eigenvalue weighted by Crippen LogP contribution is -2.28. The first-order valence-electron chi connectivity index (χ1n) is 12.7. The second kappa shape index (κ2) is 12.2. The average Bonchev–Trinajstić information content (AvgIpc) is 3.43. The van der Waals surface area contributed by atoms with Gasteiger partial charge in [-0.05, 0) is 54.4 Å². The van der Waals surface area contributed by atoms with Gasteiger partial charge in [-0.2, -0.15) is 31.6 Å². The van der Waals surface area contributed by atoms with Crippen LogP contribution >= 0.6 is 11.3 Å². The summed E-state index contributed by atoms with van der Waals surface area (Å²) in [6.07, 6.45) is -9.43. The molecule has 15 heteroatoms. The normalized spacial score (nSPS) is 12.4. The molecule has 0 fully saturated rings. The van der Waals surface area contributed by atoms with Gasteiger partial charge in [0.1, 0.15) is 23.3 Å². The molecule has 0 N–H and O–H groups in total. The number of nitrogens with zero attached hydrogens (tertiary/aromatic N) is 2. The summed E-state index contributed by atoms with van der Waals surface area (Å²) in [7, 11) is -4.12. The second-order valence-electron chi connectivity index (χ2n) is 9.63. The number of halogens is 8. The van der Waals surface area contributed by atoms with Crippen molar-refractivity contribution in [3.63, 3.8) is 0 Å². The van der Waals surface area contributed by atoms with Crippen LogP contribution in [0.4, 0.5) is 35.1 Å². The highest BCUT2D eigenvalue weighted by Gasteiger charge is 2.37. The smallest absolute Gasteiger partial charge is 0.302 e. The van der Waals surface area contributed by atoms with E-state index in [-0.39, 0.29) is 27.3 Å². The lowest BCUT2D eigenvalue weighted by molar-refractivity contribution is -0.138. The molecule has 232 valence electrons. The predicted octanol–water partition coefficient (Wildman–Crippen LogP) is 8.05. The van der Waals surface area contributed by atoms with Crippen molar-refractivity contribution in [2.75, 3.05) is 5.75 Å². The van der Waals surface area contributed by atoms with Crippen LogP contribution < -0.4 is 5.56 Å². The summed E-state index contributed by atoms with van der Waals surface area (Å²) in [5.74, 6) is -2.48. The van der Waals surface area contributed by atoms with Crippen molar-refractivity contribution in [3.05, 3.63) is 98.8 Å². The number of hydrogen-bond donors (Lipinski definition) is 0. The van der Waals surface area contributed by atoms with E-state index in [0.717, 1.165) is 18.2 Å². The summed E-state index contributed by atoms with van der Waals surface area (Å²) in [5.41, 5.74) is -6.51. The number of aromatic nitrogens is 1. The monoisotopic (exact) mass is 660 g/mol. The first kappa shape index (κ1) is 32.9. The maximum absolute atomic E-state index is 14.5. The van der Waals surface area contributed by atoms with Crippen LogP contribution in [-0.4, -0.2) is 18.7 Å². The van der Waals surface area contributed by atoms with Gasteiger partial charge < -0.3 is 4.57 Å². The highest BCUT2D eigenvalue weighted by atomic mass is 32.2. The van der Waals surface area contributed by atoms with Crippen LogP contribution in [0.1, 0.15) is 42.0 Å². The van der Waals surface area contributed by atoms with Crippen molar-refractivity contribution in [1.82, 2.24) is 4.57 Å². The van der Waals surface area contributed by atoms with Gasteiger partial charge in [0.25, 0.3) is 5.56 Å². The second-order valence-corrected chi connectivity index (χ2v) is 12.8. The average molecular weight is 661 g/mol. The summed E-state index contributed by atoms with van der Waals surface area (Å²) in [6, 6.07) is 8.69. The third-order valence-corrected chi connectivity index (χ3v) is 9.50. The molecule has 0 saturated carbocycles. The van der Waals surface area contributed by atoms with Gasteiger partial charge in [0.15, 0.2) is 9.84 Å². The van der Waals surface area contributed by atoms with Crippen molar-refractivity contribution in [1.29, 1.82) is 5.26 Å². The number of alkyl halides is 6.